The maximum atomic E-state index is 12.7. The summed E-state index contributed by atoms with van der Waals surface area (Å²) in [4.78, 5) is 25.2. The molecule has 2 aromatic rings. The highest BCUT2D eigenvalue weighted by molar-refractivity contribution is 7.08. The van der Waals surface area contributed by atoms with Crippen LogP contribution in [0.1, 0.15) is 30.4 Å². The fourth-order valence-electron chi connectivity index (χ4n) is 3.22. The Morgan fingerprint density at radius 2 is 2.16 bits per heavy atom. The lowest BCUT2D eigenvalue weighted by Gasteiger charge is -2.29. The van der Waals surface area contributed by atoms with Crippen LogP contribution in [0.25, 0.3) is 5.57 Å². The molecule has 130 valence electrons. The summed E-state index contributed by atoms with van der Waals surface area (Å²) < 4.78 is 10.5. The Bertz CT molecular complexity index is 792. The van der Waals surface area contributed by atoms with Gasteiger partial charge in [0.2, 0.25) is 0 Å². The SMILES string of the molecule is CCOC(=O)[C@@H]1C(=O)C=C(c2ccsc2)C[C@@H]1c1cccc(OC)c1. The number of rotatable bonds is 5. The molecule has 5 heteroatoms. The molecule has 0 aliphatic heterocycles. The lowest BCUT2D eigenvalue weighted by molar-refractivity contribution is -0.151. The van der Waals surface area contributed by atoms with Crippen molar-refractivity contribution >= 4 is 28.7 Å². The second-order valence-corrected chi connectivity index (χ2v) is 6.68. The molecule has 0 fully saturated rings. The summed E-state index contributed by atoms with van der Waals surface area (Å²) in [5, 5.41) is 4.01. The van der Waals surface area contributed by atoms with E-state index < -0.39 is 11.9 Å². The van der Waals surface area contributed by atoms with Crippen molar-refractivity contribution in [2.24, 2.45) is 5.92 Å². The van der Waals surface area contributed by atoms with E-state index in [1.165, 1.54) is 0 Å². The average Bonchev–Trinajstić information content (AvgIpc) is 3.16. The first-order valence-electron chi connectivity index (χ1n) is 8.21. The fraction of sp³-hybridized carbons (Fsp3) is 0.300. The molecule has 1 aliphatic carbocycles. The molecule has 0 unspecified atom stereocenters. The van der Waals surface area contributed by atoms with E-state index in [0.29, 0.717) is 12.2 Å². The smallest absolute Gasteiger partial charge is 0.317 e. The highest BCUT2D eigenvalue weighted by Gasteiger charge is 2.39. The van der Waals surface area contributed by atoms with Crippen LogP contribution in [0.4, 0.5) is 0 Å². The van der Waals surface area contributed by atoms with Crippen LogP contribution in [0, 0.1) is 5.92 Å². The van der Waals surface area contributed by atoms with Gasteiger partial charge >= 0.3 is 5.97 Å². The van der Waals surface area contributed by atoms with Gasteiger partial charge in [-0.05, 0) is 65.1 Å². The third-order valence-corrected chi connectivity index (χ3v) is 5.10. The Labute approximate surface area is 151 Å². The molecule has 0 bridgehead atoms. The van der Waals surface area contributed by atoms with Gasteiger partial charge in [0.15, 0.2) is 5.78 Å². The van der Waals surface area contributed by atoms with E-state index in [0.717, 1.165) is 16.7 Å². The predicted octanol–water partition coefficient (Wildman–Crippen LogP) is 4.08. The summed E-state index contributed by atoms with van der Waals surface area (Å²) in [7, 11) is 1.60. The number of ether oxygens (including phenoxy) is 2. The Kier molecular flexibility index (Phi) is 5.34. The second kappa shape index (κ2) is 7.66. The number of esters is 1. The van der Waals surface area contributed by atoms with Crippen molar-refractivity contribution < 1.29 is 19.1 Å². The van der Waals surface area contributed by atoms with Gasteiger partial charge in [-0.1, -0.05) is 12.1 Å². The molecule has 0 radical (unpaired) electrons. The van der Waals surface area contributed by atoms with Crippen LogP contribution in [0.2, 0.25) is 0 Å². The standard InChI is InChI=1S/C20H20O4S/c1-3-24-20(22)19-17(13-5-4-6-16(9-13)23-2)10-15(11-18(19)21)14-7-8-25-12-14/h4-9,11-12,17,19H,3,10H2,1-2H3/t17-,19+/m1/s1. The Morgan fingerprint density at radius 1 is 1.32 bits per heavy atom. The summed E-state index contributed by atoms with van der Waals surface area (Å²) in [6.45, 7) is 2.01. The number of ketones is 1. The van der Waals surface area contributed by atoms with Crippen molar-refractivity contribution in [2.45, 2.75) is 19.3 Å². The number of hydrogen-bond donors (Lipinski definition) is 0. The zero-order valence-corrected chi connectivity index (χ0v) is 15.0. The molecule has 1 aromatic carbocycles. The van der Waals surface area contributed by atoms with E-state index in [-0.39, 0.29) is 18.3 Å². The molecule has 1 aliphatic rings. The monoisotopic (exact) mass is 356 g/mol. The number of carbonyl (C=O) groups excluding carboxylic acids is 2. The van der Waals surface area contributed by atoms with Crippen molar-refractivity contribution in [3.8, 4) is 5.75 Å². The van der Waals surface area contributed by atoms with Crippen molar-refractivity contribution in [2.75, 3.05) is 13.7 Å². The molecule has 2 atom stereocenters. The maximum Gasteiger partial charge on any atom is 0.317 e. The van der Waals surface area contributed by atoms with Crippen LogP contribution in [0.5, 0.6) is 5.75 Å². The van der Waals surface area contributed by atoms with Crippen molar-refractivity contribution in [1.29, 1.82) is 0 Å². The summed E-state index contributed by atoms with van der Waals surface area (Å²) in [6.07, 6.45) is 2.21. The molecule has 1 aromatic heterocycles. The third-order valence-electron chi connectivity index (χ3n) is 4.42. The van der Waals surface area contributed by atoms with Crippen molar-refractivity contribution in [3.05, 3.63) is 58.3 Å². The van der Waals surface area contributed by atoms with Gasteiger partial charge < -0.3 is 9.47 Å². The van der Waals surface area contributed by atoms with E-state index in [1.807, 2.05) is 41.1 Å². The largest absolute Gasteiger partial charge is 0.497 e. The number of methoxy groups -OCH3 is 1. The van der Waals surface area contributed by atoms with Gasteiger partial charge in [0, 0.05) is 5.92 Å². The molecule has 3 rings (SSSR count). The van der Waals surface area contributed by atoms with Crippen molar-refractivity contribution in [3.63, 3.8) is 0 Å². The summed E-state index contributed by atoms with van der Waals surface area (Å²) in [6, 6.07) is 9.55. The number of carbonyl (C=O) groups is 2. The van der Waals surface area contributed by atoms with E-state index in [9.17, 15) is 9.59 Å². The molecule has 25 heavy (non-hydrogen) atoms. The molecule has 4 nitrogen and oxygen atoms in total. The van der Waals surface area contributed by atoms with Crippen LogP contribution in [0.15, 0.2) is 47.2 Å². The van der Waals surface area contributed by atoms with Crippen molar-refractivity contribution in [1.82, 2.24) is 0 Å². The minimum atomic E-state index is -0.811. The minimum absolute atomic E-state index is 0.196. The number of benzene rings is 1. The topological polar surface area (TPSA) is 52.6 Å². The van der Waals surface area contributed by atoms with Crippen LogP contribution < -0.4 is 4.74 Å². The van der Waals surface area contributed by atoms with Gasteiger partial charge in [-0.15, -0.1) is 0 Å². The maximum absolute atomic E-state index is 12.7. The summed E-state index contributed by atoms with van der Waals surface area (Å²) in [5.41, 5.74) is 2.90. The number of allylic oxidation sites excluding steroid dienone is 2. The average molecular weight is 356 g/mol. The first kappa shape index (κ1) is 17.4. The van der Waals surface area contributed by atoms with Gasteiger partial charge in [-0.3, -0.25) is 9.59 Å². The van der Waals surface area contributed by atoms with Gasteiger partial charge in [-0.2, -0.15) is 11.3 Å². The third kappa shape index (κ3) is 3.66. The lowest BCUT2D eigenvalue weighted by Crippen LogP contribution is -2.34. The quantitative estimate of drug-likeness (QED) is 0.598. The number of hydrogen-bond acceptors (Lipinski definition) is 5. The summed E-state index contributed by atoms with van der Waals surface area (Å²) >= 11 is 1.59. The molecule has 1 heterocycles. The molecule has 0 saturated heterocycles. The summed E-state index contributed by atoms with van der Waals surface area (Å²) in [5.74, 6) is -1.02. The van der Waals surface area contributed by atoms with Gasteiger partial charge in [0.25, 0.3) is 0 Å². The van der Waals surface area contributed by atoms with Crippen LogP contribution >= 0.6 is 11.3 Å². The Hall–Kier alpha value is -2.40. The first-order valence-corrected chi connectivity index (χ1v) is 9.16. The molecular formula is C20H20O4S. The van der Waals surface area contributed by atoms with E-state index >= 15 is 0 Å². The van der Waals surface area contributed by atoms with Gasteiger partial charge in [-0.25, -0.2) is 0 Å². The lowest BCUT2D eigenvalue weighted by atomic mass is 9.74. The van der Waals surface area contributed by atoms with Gasteiger partial charge in [0.1, 0.15) is 11.7 Å². The van der Waals surface area contributed by atoms with E-state index in [1.54, 1.807) is 31.4 Å². The molecular weight excluding hydrogens is 336 g/mol. The Morgan fingerprint density at radius 3 is 2.84 bits per heavy atom. The van der Waals surface area contributed by atoms with Crippen LogP contribution in [-0.2, 0) is 14.3 Å². The predicted molar refractivity (Wildman–Crippen MR) is 97.8 cm³/mol. The molecule has 0 saturated carbocycles. The highest BCUT2D eigenvalue weighted by Crippen LogP contribution is 2.41. The Balaban J connectivity index is 2.02. The van der Waals surface area contributed by atoms with E-state index in [2.05, 4.69) is 0 Å². The first-order chi connectivity index (χ1) is 12.1. The minimum Gasteiger partial charge on any atom is -0.497 e. The second-order valence-electron chi connectivity index (χ2n) is 5.90. The molecule has 0 spiro atoms. The molecule has 0 amide bonds. The van der Waals surface area contributed by atoms with Crippen LogP contribution in [-0.4, -0.2) is 25.5 Å². The molecule has 0 N–H and O–H groups in total. The zero-order valence-electron chi connectivity index (χ0n) is 14.2. The van der Waals surface area contributed by atoms with E-state index in [4.69, 9.17) is 9.47 Å². The normalized spacial score (nSPS) is 20.1. The number of thiophene rings is 1. The fourth-order valence-corrected chi connectivity index (χ4v) is 3.90. The highest BCUT2D eigenvalue weighted by atomic mass is 32.1. The van der Waals surface area contributed by atoms with Crippen LogP contribution in [0.3, 0.4) is 0 Å². The van der Waals surface area contributed by atoms with Gasteiger partial charge in [0.05, 0.1) is 13.7 Å². The zero-order chi connectivity index (χ0) is 17.8.